The number of hydrogen-bond acceptors (Lipinski definition) is 8. The van der Waals surface area contributed by atoms with Crippen LogP contribution in [-0.4, -0.2) is 42.7 Å². The number of carbonyl (C=O) groups is 3. The Morgan fingerprint density at radius 1 is 1.12 bits per heavy atom. The molecular formula is C28H28F4N4O7. The molecule has 1 aromatic heterocycles. The second-order valence-electron chi connectivity index (χ2n) is 9.73. The number of carbonyl (C=O) groups excluding carboxylic acids is 3. The maximum absolute atomic E-state index is 14.6. The van der Waals surface area contributed by atoms with Crippen LogP contribution in [-0.2, 0) is 9.53 Å². The maximum Gasteiger partial charge on any atom is 0.405 e. The number of oxazole rings is 1. The molecule has 1 unspecified atom stereocenters. The molecule has 11 nitrogen and oxygen atoms in total. The Bertz CT molecular complexity index is 1500. The zero-order valence-electron chi connectivity index (χ0n) is 23.0. The van der Waals surface area contributed by atoms with Crippen LogP contribution in [0, 0.1) is 17.6 Å². The molecule has 2 atom stereocenters. The molecule has 15 heteroatoms. The molecule has 1 aliphatic carbocycles. The average Bonchev–Trinajstić information content (AvgIpc) is 3.64. The van der Waals surface area contributed by atoms with Crippen molar-refractivity contribution in [1.82, 2.24) is 15.6 Å². The number of ether oxygens (including phenoxy) is 3. The van der Waals surface area contributed by atoms with Crippen molar-refractivity contribution in [2.45, 2.75) is 45.4 Å². The molecule has 1 aliphatic rings. The molecule has 0 saturated heterocycles. The van der Waals surface area contributed by atoms with Crippen LogP contribution in [0.3, 0.4) is 0 Å². The quantitative estimate of drug-likeness (QED) is 0.234. The van der Waals surface area contributed by atoms with Crippen LogP contribution in [0.2, 0.25) is 0 Å². The van der Waals surface area contributed by atoms with Crippen molar-refractivity contribution in [2.24, 2.45) is 11.7 Å². The van der Waals surface area contributed by atoms with Gasteiger partial charge < -0.3 is 35.0 Å². The Kier molecular flexibility index (Phi) is 9.73. The second kappa shape index (κ2) is 13.4. The Morgan fingerprint density at radius 3 is 2.49 bits per heavy atom. The van der Waals surface area contributed by atoms with Crippen LogP contribution < -0.4 is 25.8 Å². The molecule has 0 bridgehead atoms. The van der Waals surface area contributed by atoms with Crippen LogP contribution in [0.25, 0.3) is 11.5 Å². The average molecular weight is 609 g/mol. The highest BCUT2D eigenvalue weighted by Gasteiger charge is 2.30. The lowest BCUT2D eigenvalue weighted by molar-refractivity contribution is -0.119. The summed E-state index contributed by atoms with van der Waals surface area (Å²) >= 11 is 0. The number of primary amides is 1. The first-order chi connectivity index (χ1) is 20.4. The van der Waals surface area contributed by atoms with Crippen molar-refractivity contribution in [3.8, 4) is 23.0 Å². The summed E-state index contributed by atoms with van der Waals surface area (Å²) in [6, 6.07) is 5.42. The summed E-state index contributed by atoms with van der Waals surface area (Å²) in [6.07, 6.45) is -0.537. The third-order valence-corrected chi connectivity index (χ3v) is 6.31. The summed E-state index contributed by atoms with van der Waals surface area (Å²) in [5.74, 6) is -3.64. The standard InChI is InChI=1S/C28H28F4N4O7/c1-13(41-28(33)39)24-23(25(38)35-20(11-34-14(2)37)18-7-6-17(29)10-19(18)30)36-26(43-24)16-5-8-21(42-27(31)32)22(9-16)40-12-15-3-4-15/h5-10,13,15,20,27H,3-4,11-12H2,1-2H3,(H2,33,39)(H,34,37)(H,35,38)/t13-,20?/m0/s1. The van der Waals surface area contributed by atoms with Crippen molar-refractivity contribution in [1.29, 1.82) is 0 Å². The maximum atomic E-state index is 14.6. The number of alkyl halides is 2. The van der Waals surface area contributed by atoms with E-state index >= 15 is 0 Å². The van der Waals surface area contributed by atoms with E-state index in [0.717, 1.165) is 25.0 Å². The van der Waals surface area contributed by atoms with Gasteiger partial charge in [-0.1, -0.05) is 6.07 Å². The zero-order valence-corrected chi connectivity index (χ0v) is 23.0. The molecular weight excluding hydrogens is 580 g/mol. The number of amides is 3. The minimum Gasteiger partial charge on any atom is -0.489 e. The first-order valence-electron chi connectivity index (χ1n) is 13.1. The van der Waals surface area contributed by atoms with Gasteiger partial charge in [0.25, 0.3) is 5.91 Å². The number of nitrogens with zero attached hydrogens (tertiary/aromatic N) is 1. The van der Waals surface area contributed by atoms with E-state index in [1.165, 1.54) is 32.0 Å². The summed E-state index contributed by atoms with van der Waals surface area (Å²) in [5, 5.41) is 4.99. The fraction of sp³-hybridized carbons (Fsp3) is 0.357. The molecule has 0 spiro atoms. The van der Waals surface area contributed by atoms with E-state index < -0.39 is 54.0 Å². The van der Waals surface area contributed by atoms with Gasteiger partial charge in [0.2, 0.25) is 11.8 Å². The predicted octanol–water partition coefficient (Wildman–Crippen LogP) is 4.77. The van der Waals surface area contributed by atoms with E-state index in [2.05, 4.69) is 20.4 Å². The van der Waals surface area contributed by atoms with Gasteiger partial charge in [-0.15, -0.1) is 0 Å². The Labute approximate surface area is 242 Å². The molecule has 3 aromatic rings. The van der Waals surface area contributed by atoms with Crippen molar-refractivity contribution >= 4 is 17.9 Å². The number of nitrogens with two attached hydrogens (primary N) is 1. The third-order valence-electron chi connectivity index (χ3n) is 6.31. The molecule has 43 heavy (non-hydrogen) atoms. The summed E-state index contributed by atoms with van der Waals surface area (Å²) in [5.41, 5.74) is 4.80. The topological polar surface area (TPSA) is 155 Å². The van der Waals surface area contributed by atoms with E-state index in [9.17, 15) is 31.9 Å². The normalized spacial score (nSPS) is 14.1. The molecule has 1 heterocycles. The Hall–Kier alpha value is -4.82. The van der Waals surface area contributed by atoms with Gasteiger partial charge in [0.15, 0.2) is 29.1 Å². The molecule has 1 saturated carbocycles. The molecule has 0 radical (unpaired) electrons. The highest BCUT2D eigenvalue weighted by Crippen LogP contribution is 2.37. The minimum atomic E-state index is -3.11. The van der Waals surface area contributed by atoms with Gasteiger partial charge in [0, 0.05) is 30.7 Å². The summed E-state index contributed by atoms with van der Waals surface area (Å²) in [6.45, 7) is -0.549. The van der Waals surface area contributed by atoms with E-state index in [1.54, 1.807) is 0 Å². The summed E-state index contributed by atoms with van der Waals surface area (Å²) in [7, 11) is 0. The molecule has 4 N–H and O–H groups in total. The van der Waals surface area contributed by atoms with Crippen molar-refractivity contribution in [2.75, 3.05) is 13.2 Å². The highest BCUT2D eigenvalue weighted by atomic mass is 19.3. The van der Waals surface area contributed by atoms with E-state index in [-0.39, 0.29) is 53.3 Å². The Morgan fingerprint density at radius 2 is 1.86 bits per heavy atom. The van der Waals surface area contributed by atoms with E-state index in [4.69, 9.17) is 19.6 Å². The number of hydrogen-bond donors (Lipinski definition) is 3. The van der Waals surface area contributed by atoms with Gasteiger partial charge in [0.1, 0.15) is 11.6 Å². The molecule has 3 amide bonds. The third kappa shape index (κ3) is 8.36. The first-order valence-corrected chi connectivity index (χ1v) is 13.1. The van der Waals surface area contributed by atoms with E-state index in [1.807, 2.05) is 0 Å². The lowest BCUT2D eigenvalue weighted by Crippen LogP contribution is -2.38. The smallest absolute Gasteiger partial charge is 0.405 e. The SMILES string of the molecule is CC(=O)NCC(NC(=O)c1nc(-c2ccc(OC(F)F)c(OCC3CC3)c2)oc1[C@H](C)OC(N)=O)c1ccc(F)cc1F. The number of benzene rings is 2. The minimum absolute atomic E-state index is 0.0148. The fourth-order valence-corrected chi connectivity index (χ4v) is 4.06. The molecule has 230 valence electrons. The molecule has 1 fully saturated rings. The number of halogens is 4. The molecule has 2 aromatic carbocycles. The monoisotopic (exact) mass is 608 g/mol. The van der Waals surface area contributed by atoms with Crippen LogP contribution in [0.4, 0.5) is 22.4 Å². The predicted molar refractivity (Wildman–Crippen MR) is 141 cm³/mol. The van der Waals surface area contributed by atoms with Crippen LogP contribution >= 0.6 is 0 Å². The lowest BCUT2D eigenvalue weighted by Gasteiger charge is -2.20. The molecule has 0 aliphatic heterocycles. The van der Waals surface area contributed by atoms with E-state index in [0.29, 0.717) is 6.07 Å². The van der Waals surface area contributed by atoms with Crippen molar-refractivity contribution in [3.63, 3.8) is 0 Å². The van der Waals surface area contributed by atoms with Gasteiger partial charge in [-0.2, -0.15) is 8.78 Å². The van der Waals surface area contributed by atoms with Crippen molar-refractivity contribution in [3.05, 3.63) is 65.1 Å². The highest BCUT2D eigenvalue weighted by molar-refractivity contribution is 5.94. The lowest BCUT2D eigenvalue weighted by atomic mass is 10.1. The van der Waals surface area contributed by atoms with Crippen LogP contribution in [0.15, 0.2) is 40.8 Å². The zero-order chi connectivity index (χ0) is 31.3. The largest absolute Gasteiger partial charge is 0.489 e. The van der Waals surface area contributed by atoms with Crippen LogP contribution in [0.1, 0.15) is 60.6 Å². The first kappa shape index (κ1) is 31.1. The van der Waals surface area contributed by atoms with Crippen LogP contribution in [0.5, 0.6) is 11.5 Å². The molecule has 4 rings (SSSR count). The second-order valence-corrected chi connectivity index (χ2v) is 9.73. The van der Waals surface area contributed by atoms with Gasteiger partial charge in [-0.05, 0) is 49.9 Å². The summed E-state index contributed by atoms with van der Waals surface area (Å²) < 4.78 is 75.1. The Balaban J connectivity index is 1.70. The van der Waals surface area contributed by atoms with Gasteiger partial charge in [0.05, 0.1) is 12.6 Å². The fourth-order valence-electron chi connectivity index (χ4n) is 4.06. The van der Waals surface area contributed by atoms with Gasteiger partial charge >= 0.3 is 12.7 Å². The van der Waals surface area contributed by atoms with Gasteiger partial charge in [-0.25, -0.2) is 18.6 Å². The van der Waals surface area contributed by atoms with Crippen molar-refractivity contribution < 1.29 is 50.6 Å². The van der Waals surface area contributed by atoms with Gasteiger partial charge in [-0.3, -0.25) is 9.59 Å². The summed E-state index contributed by atoms with van der Waals surface area (Å²) in [4.78, 5) is 40.7. The number of aromatic nitrogens is 1. The number of nitrogens with one attached hydrogen (secondary N) is 2. The number of rotatable bonds is 13.